The smallest absolute Gasteiger partial charge is 0.414 e. The number of rotatable bonds is 5. The predicted molar refractivity (Wildman–Crippen MR) is 79.2 cm³/mol. The van der Waals surface area contributed by atoms with Crippen molar-refractivity contribution in [2.45, 2.75) is 6.10 Å². The zero-order valence-corrected chi connectivity index (χ0v) is 13.0. The van der Waals surface area contributed by atoms with Crippen molar-refractivity contribution in [3.05, 3.63) is 24.3 Å². The van der Waals surface area contributed by atoms with Crippen LogP contribution < -0.4 is 9.80 Å². The van der Waals surface area contributed by atoms with Crippen LogP contribution >= 0.6 is 0 Å². The van der Waals surface area contributed by atoms with Gasteiger partial charge < -0.3 is 9.64 Å². The van der Waals surface area contributed by atoms with Crippen molar-refractivity contribution in [3.8, 4) is 0 Å². The molecule has 0 aromatic heterocycles. The van der Waals surface area contributed by atoms with Gasteiger partial charge in [-0.05, 0) is 24.3 Å². The summed E-state index contributed by atoms with van der Waals surface area (Å²) in [5.74, 6) is 0. The maximum atomic E-state index is 11.8. The zero-order valence-electron chi connectivity index (χ0n) is 12.1. The topological polar surface area (TPSA) is 76.2 Å². The van der Waals surface area contributed by atoms with Crippen molar-refractivity contribution < 1.29 is 22.1 Å². The summed E-state index contributed by atoms with van der Waals surface area (Å²) in [6.07, 6.45) is -0.142. The molecule has 0 aliphatic carbocycles. The predicted octanol–water partition coefficient (Wildman–Crippen LogP) is 1.05. The van der Waals surface area contributed by atoms with Gasteiger partial charge in [0.05, 0.1) is 12.8 Å². The largest absolute Gasteiger partial charge is 0.441 e. The molecule has 0 N–H and O–H groups in total. The Morgan fingerprint density at radius 1 is 1.33 bits per heavy atom. The Labute approximate surface area is 124 Å². The average Bonchev–Trinajstić information content (AvgIpc) is 2.77. The lowest BCUT2D eigenvalue weighted by Crippen LogP contribution is -2.26. The summed E-state index contributed by atoms with van der Waals surface area (Å²) in [4.78, 5) is 15.2. The number of anilines is 2. The van der Waals surface area contributed by atoms with Crippen LogP contribution in [-0.2, 0) is 19.0 Å². The molecule has 0 radical (unpaired) electrons. The number of cyclic esters (lactones) is 1. The molecule has 0 saturated carbocycles. The molecule has 8 heteroatoms. The first-order valence-electron chi connectivity index (χ1n) is 6.36. The summed E-state index contributed by atoms with van der Waals surface area (Å²) in [5.41, 5.74) is 1.72. The highest BCUT2D eigenvalue weighted by Crippen LogP contribution is 2.24. The van der Waals surface area contributed by atoms with Crippen LogP contribution in [0.15, 0.2) is 24.3 Å². The van der Waals surface area contributed by atoms with Crippen LogP contribution in [0.4, 0.5) is 16.2 Å². The van der Waals surface area contributed by atoms with Gasteiger partial charge in [-0.2, -0.15) is 8.42 Å². The third-order valence-electron chi connectivity index (χ3n) is 3.02. The normalized spacial score (nSPS) is 18.7. The van der Waals surface area contributed by atoms with Crippen molar-refractivity contribution in [1.82, 2.24) is 0 Å². The summed E-state index contributed by atoms with van der Waals surface area (Å²) in [6, 6.07) is 7.42. The Bertz CT molecular complexity index is 612. The van der Waals surface area contributed by atoms with Gasteiger partial charge in [0.15, 0.2) is 0 Å². The second kappa shape index (κ2) is 5.90. The molecule has 0 spiro atoms. The van der Waals surface area contributed by atoms with Crippen molar-refractivity contribution in [1.29, 1.82) is 0 Å². The van der Waals surface area contributed by atoms with Crippen LogP contribution in [0, 0.1) is 0 Å². The number of hydrogen-bond donors (Lipinski definition) is 0. The molecule has 1 amide bonds. The van der Waals surface area contributed by atoms with Crippen LogP contribution in [0.1, 0.15) is 0 Å². The van der Waals surface area contributed by atoms with Crippen LogP contribution in [-0.4, -0.2) is 54.1 Å². The number of amides is 1. The van der Waals surface area contributed by atoms with E-state index in [9.17, 15) is 13.2 Å². The lowest BCUT2D eigenvalue weighted by molar-refractivity contribution is 0.107. The summed E-state index contributed by atoms with van der Waals surface area (Å²) in [6.45, 7) is 0.0898. The molecule has 1 fully saturated rings. The van der Waals surface area contributed by atoms with Gasteiger partial charge in [0.25, 0.3) is 10.1 Å². The van der Waals surface area contributed by atoms with Crippen molar-refractivity contribution in [2.24, 2.45) is 0 Å². The molecule has 0 bridgehead atoms. The van der Waals surface area contributed by atoms with E-state index in [-0.39, 0.29) is 13.2 Å². The molecule has 116 valence electrons. The van der Waals surface area contributed by atoms with E-state index in [0.717, 1.165) is 11.9 Å². The number of benzene rings is 1. The highest BCUT2D eigenvalue weighted by Gasteiger charge is 2.33. The number of ether oxygens (including phenoxy) is 1. The second-order valence-electron chi connectivity index (χ2n) is 5.02. The third kappa shape index (κ3) is 4.08. The number of hydrogen-bond acceptors (Lipinski definition) is 6. The van der Waals surface area contributed by atoms with Crippen LogP contribution in [0.3, 0.4) is 0 Å². The highest BCUT2D eigenvalue weighted by atomic mass is 32.2. The first-order valence-corrected chi connectivity index (χ1v) is 8.18. The van der Waals surface area contributed by atoms with E-state index in [1.807, 2.05) is 43.3 Å². The zero-order chi connectivity index (χ0) is 15.6. The first kappa shape index (κ1) is 15.6. The monoisotopic (exact) mass is 314 g/mol. The number of carbonyl (C=O) groups excluding carboxylic acids is 1. The average molecular weight is 314 g/mol. The standard InChI is InChI=1S/C13H18N2O5S/c1-14(2)10-4-6-11(7-5-10)15-8-12(20-13(15)16)9-19-21(3,17)18/h4-7,12H,8-9H2,1-3H3. The third-order valence-corrected chi connectivity index (χ3v) is 3.58. The maximum absolute atomic E-state index is 11.8. The lowest BCUT2D eigenvalue weighted by Gasteiger charge is -2.16. The van der Waals surface area contributed by atoms with Gasteiger partial charge in [0, 0.05) is 25.5 Å². The van der Waals surface area contributed by atoms with Gasteiger partial charge in [-0.1, -0.05) is 0 Å². The molecule has 2 rings (SSSR count). The van der Waals surface area contributed by atoms with Crippen LogP contribution in [0.5, 0.6) is 0 Å². The van der Waals surface area contributed by atoms with E-state index in [1.54, 1.807) is 0 Å². The minimum Gasteiger partial charge on any atom is -0.441 e. The minimum absolute atomic E-state index is 0.170. The second-order valence-corrected chi connectivity index (χ2v) is 6.66. The Hall–Kier alpha value is -1.80. The summed E-state index contributed by atoms with van der Waals surface area (Å²) >= 11 is 0. The van der Waals surface area contributed by atoms with Gasteiger partial charge in [-0.15, -0.1) is 0 Å². The van der Waals surface area contributed by atoms with E-state index in [2.05, 4.69) is 4.18 Å². The summed E-state index contributed by atoms with van der Waals surface area (Å²) in [5, 5.41) is 0. The fourth-order valence-electron chi connectivity index (χ4n) is 1.95. The molecular formula is C13H18N2O5S. The molecule has 1 aromatic carbocycles. The summed E-state index contributed by atoms with van der Waals surface area (Å²) < 4.78 is 31.6. The van der Waals surface area contributed by atoms with Gasteiger partial charge >= 0.3 is 6.09 Å². The molecule has 1 saturated heterocycles. The molecule has 1 aliphatic rings. The molecule has 1 atom stereocenters. The molecule has 1 unspecified atom stereocenters. The molecule has 21 heavy (non-hydrogen) atoms. The highest BCUT2D eigenvalue weighted by molar-refractivity contribution is 7.85. The Morgan fingerprint density at radius 3 is 2.48 bits per heavy atom. The molecular weight excluding hydrogens is 296 g/mol. The Balaban J connectivity index is 2.02. The lowest BCUT2D eigenvalue weighted by atomic mass is 10.2. The van der Waals surface area contributed by atoms with E-state index in [0.29, 0.717) is 5.69 Å². The fraction of sp³-hybridized carbons (Fsp3) is 0.462. The van der Waals surface area contributed by atoms with E-state index in [4.69, 9.17) is 4.74 Å². The van der Waals surface area contributed by atoms with E-state index in [1.165, 1.54) is 4.90 Å². The van der Waals surface area contributed by atoms with E-state index < -0.39 is 22.3 Å². The maximum Gasteiger partial charge on any atom is 0.414 e. The Kier molecular flexibility index (Phi) is 4.38. The Morgan fingerprint density at radius 2 is 1.95 bits per heavy atom. The van der Waals surface area contributed by atoms with Gasteiger partial charge in [0.1, 0.15) is 12.7 Å². The molecule has 1 aliphatic heterocycles. The van der Waals surface area contributed by atoms with Crippen molar-refractivity contribution in [3.63, 3.8) is 0 Å². The van der Waals surface area contributed by atoms with Crippen LogP contribution in [0.25, 0.3) is 0 Å². The summed E-state index contributed by atoms with van der Waals surface area (Å²) in [7, 11) is 0.315. The number of nitrogens with zero attached hydrogens (tertiary/aromatic N) is 2. The van der Waals surface area contributed by atoms with Gasteiger partial charge in [0.2, 0.25) is 0 Å². The minimum atomic E-state index is -3.54. The van der Waals surface area contributed by atoms with Crippen molar-refractivity contribution >= 4 is 27.6 Å². The first-order chi connectivity index (χ1) is 9.76. The van der Waals surface area contributed by atoms with E-state index >= 15 is 0 Å². The van der Waals surface area contributed by atoms with Crippen molar-refractivity contribution in [2.75, 3.05) is 43.3 Å². The quantitative estimate of drug-likeness (QED) is 0.756. The molecule has 1 aromatic rings. The molecule has 7 nitrogen and oxygen atoms in total. The molecule has 1 heterocycles. The fourth-order valence-corrected chi connectivity index (χ4v) is 2.35. The van der Waals surface area contributed by atoms with Gasteiger partial charge in [-0.25, -0.2) is 4.79 Å². The SMILES string of the molecule is CN(C)c1ccc(N2CC(COS(C)(=O)=O)OC2=O)cc1. The number of carbonyl (C=O) groups is 1. The van der Waals surface area contributed by atoms with Crippen LogP contribution in [0.2, 0.25) is 0 Å². The van der Waals surface area contributed by atoms with Gasteiger partial charge in [-0.3, -0.25) is 9.08 Å².